The Morgan fingerprint density at radius 1 is 1.62 bits per heavy atom. The lowest BCUT2D eigenvalue weighted by Crippen LogP contribution is -2.40. The van der Waals surface area contributed by atoms with Gasteiger partial charge in [-0.15, -0.1) is 0 Å². The van der Waals surface area contributed by atoms with Gasteiger partial charge in [-0.1, -0.05) is 6.92 Å². The first-order valence-electron chi connectivity index (χ1n) is 4.43. The SMILES string of the molecule is CSC(C)CNC(=O)CC(C)(C)N. The molecular weight excluding hydrogens is 184 g/mol. The molecule has 3 nitrogen and oxygen atoms in total. The van der Waals surface area contributed by atoms with Crippen LogP contribution in [0.25, 0.3) is 0 Å². The molecule has 1 amide bonds. The number of hydrogen-bond donors (Lipinski definition) is 2. The third-order valence-corrected chi connectivity index (χ3v) is 2.58. The standard InChI is InChI=1S/C9H20N2OS/c1-7(13-4)6-11-8(12)5-9(2,3)10/h7H,5-6,10H2,1-4H3,(H,11,12). The van der Waals surface area contributed by atoms with Crippen molar-refractivity contribution in [2.75, 3.05) is 12.8 Å². The largest absolute Gasteiger partial charge is 0.355 e. The van der Waals surface area contributed by atoms with Gasteiger partial charge in [-0.3, -0.25) is 4.79 Å². The lowest BCUT2D eigenvalue weighted by atomic mass is 10.0. The summed E-state index contributed by atoms with van der Waals surface area (Å²) >= 11 is 1.74. The third kappa shape index (κ3) is 8.12. The maximum absolute atomic E-state index is 11.3. The Morgan fingerprint density at radius 2 is 2.15 bits per heavy atom. The van der Waals surface area contributed by atoms with Crippen molar-refractivity contribution in [3.05, 3.63) is 0 Å². The highest BCUT2D eigenvalue weighted by Crippen LogP contribution is 2.05. The van der Waals surface area contributed by atoms with Crippen LogP contribution in [0.1, 0.15) is 27.2 Å². The molecule has 0 heterocycles. The predicted molar refractivity (Wildman–Crippen MR) is 58.9 cm³/mol. The van der Waals surface area contributed by atoms with Crippen molar-refractivity contribution in [2.24, 2.45) is 5.73 Å². The summed E-state index contributed by atoms with van der Waals surface area (Å²) in [7, 11) is 0. The summed E-state index contributed by atoms with van der Waals surface area (Å²) in [5.74, 6) is 0.0356. The minimum absolute atomic E-state index is 0.0356. The van der Waals surface area contributed by atoms with Crippen molar-refractivity contribution in [1.82, 2.24) is 5.32 Å². The van der Waals surface area contributed by atoms with E-state index in [9.17, 15) is 4.79 Å². The van der Waals surface area contributed by atoms with Crippen LogP contribution in [-0.4, -0.2) is 29.5 Å². The van der Waals surface area contributed by atoms with Crippen LogP contribution in [-0.2, 0) is 4.79 Å². The molecule has 3 N–H and O–H groups in total. The van der Waals surface area contributed by atoms with Gasteiger partial charge < -0.3 is 11.1 Å². The fraction of sp³-hybridized carbons (Fsp3) is 0.889. The zero-order valence-electron chi connectivity index (χ0n) is 8.89. The summed E-state index contributed by atoms with van der Waals surface area (Å²) in [6, 6.07) is 0. The van der Waals surface area contributed by atoms with Crippen LogP contribution in [0.15, 0.2) is 0 Å². The Hall–Kier alpha value is -0.220. The van der Waals surface area contributed by atoms with Gasteiger partial charge in [0.1, 0.15) is 0 Å². The summed E-state index contributed by atoms with van der Waals surface area (Å²) in [6.45, 7) is 6.50. The lowest BCUT2D eigenvalue weighted by Gasteiger charge is -2.18. The molecule has 1 unspecified atom stereocenters. The van der Waals surface area contributed by atoms with Gasteiger partial charge in [0, 0.05) is 23.8 Å². The van der Waals surface area contributed by atoms with E-state index in [1.807, 2.05) is 20.1 Å². The Labute approximate surface area is 84.8 Å². The van der Waals surface area contributed by atoms with Crippen LogP contribution in [0.3, 0.4) is 0 Å². The van der Waals surface area contributed by atoms with Crippen molar-refractivity contribution in [2.45, 2.75) is 38.0 Å². The molecule has 0 bridgehead atoms. The fourth-order valence-corrected chi connectivity index (χ4v) is 1.07. The number of nitrogens with two attached hydrogens (primary N) is 1. The first-order chi connectivity index (χ1) is 5.85. The van der Waals surface area contributed by atoms with Crippen LogP contribution in [0.4, 0.5) is 0 Å². The van der Waals surface area contributed by atoms with Gasteiger partial charge in [-0.05, 0) is 20.1 Å². The highest BCUT2D eigenvalue weighted by Gasteiger charge is 2.16. The highest BCUT2D eigenvalue weighted by atomic mass is 32.2. The Bertz CT molecular complexity index is 165. The minimum Gasteiger partial charge on any atom is -0.355 e. The molecular formula is C9H20N2OS. The van der Waals surface area contributed by atoms with Crippen molar-refractivity contribution < 1.29 is 4.79 Å². The lowest BCUT2D eigenvalue weighted by molar-refractivity contribution is -0.121. The van der Waals surface area contributed by atoms with E-state index in [2.05, 4.69) is 12.2 Å². The summed E-state index contributed by atoms with van der Waals surface area (Å²) in [5, 5.41) is 3.31. The van der Waals surface area contributed by atoms with Gasteiger partial charge in [0.25, 0.3) is 0 Å². The predicted octanol–water partition coefficient (Wildman–Crippen LogP) is 0.982. The highest BCUT2D eigenvalue weighted by molar-refractivity contribution is 7.99. The average Bonchev–Trinajstić information content (AvgIpc) is 1.97. The van der Waals surface area contributed by atoms with Gasteiger partial charge >= 0.3 is 0 Å². The topological polar surface area (TPSA) is 55.1 Å². The van der Waals surface area contributed by atoms with E-state index in [0.29, 0.717) is 11.7 Å². The summed E-state index contributed by atoms with van der Waals surface area (Å²) in [5.41, 5.74) is 5.30. The first-order valence-corrected chi connectivity index (χ1v) is 5.72. The van der Waals surface area contributed by atoms with E-state index >= 15 is 0 Å². The van der Waals surface area contributed by atoms with E-state index in [-0.39, 0.29) is 5.91 Å². The zero-order valence-corrected chi connectivity index (χ0v) is 9.70. The molecule has 0 radical (unpaired) electrons. The van der Waals surface area contributed by atoms with Crippen LogP contribution in [0.5, 0.6) is 0 Å². The van der Waals surface area contributed by atoms with Crippen molar-refractivity contribution in [3.63, 3.8) is 0 Å². The molecule has 0 aliphatic carbocycles. The summed E-state index contributed by atoms with van der Waals surface area (Å²) in [4.78, 5) is 11.3. The maximum atomic E-state index is 11.3. The number of rotatable bonds is 5. The summed E-state index contributed by atoms with van der Waals surface area (Å²) < 4.78 is 0. The number of carbonyl (C=O) groups excluding carboxylic acids is 1. The second kappa shape index (κ2) is 5.50. The van der Waals surface area contributed by atoms with E-state index in [4.69, 9.17) is 5.73 Å². The minimum atomic E-state index is -0.410. The Balaban J connectivity index is 3.64. The molecule has 0 spiro atoms. The second-order valence-corrected chi connectivity index (χ2v) is 5.29. The molecule has 0 rings (SSSR count). The van der Waals surface area contributed by atoms with Crippen molar-refractivity contribution in [3.8, 4) is 0 Å². The number of carbonyl (C=O) groups is 1. The molecule has 13 heavy (non-hydrogen) atoms. The molecule has 0 fully saturated rings. The molecule has 0 aliphatic heterocycles. The Morgan fingerprint density at radius 3 is 2.54 bits per heavy atom. The first kappa shape index (κ1) is 12.8. The van der Waals surface area contributed by atoms with Crippen LogP contribution >= 0.6 is 11.8 Å². The van der Waals surface area contributed by atoms with E-state index < -0.39 is 5.54 Å². The molecule has 0 aromatic heterocycles. The van der Waals surface area contributed by atoms with Crippen LogP contribution < -0.4 is 11.1 Å². The van der Waals surface area contributed by atoms with Crippen LogP contribution in [0.2, 0.25) is 0 Å². The van der Waals surface area contributed by atoms with Crippen LogP contribution in [0, 0.1) is 0 Å². The normalized spacial score (nSPS) is 13.9. The van der Waals surface area contributed by atoms with E-state index in [1.165, 1.54) is 0 Å². The van der Waals surface area contributed by atoms with E-state index in [0.717, 1.165) is 6.54 Å². The van der Waals surface area contributed by atoms with Crippen molar-refractivity contribution in [1.29, 1.82) is 0 Å². The zero-order chi connectivity index (χ0) is 10.5. The molecule has 0 aromatic carbocycles. The summed E-state index contributed by atoms with van der Waals surface area (Å²) in [6.07, 6.45) is 2.41. The van der Waals surface area contributed by atoms with Gasteiger partial charge in [-0.2, -0.15) is 11.8 Å². The number of thioether (sulfide) groups is 1. The smallest absolute Gasteiger partial charge is 0.221 e. The average molecular weight is 204 g/mol. The molecule has 0 aliphatic rings. The van der Waals surface area contributed by atoms with Gasteiger partial charge in [0.05, 0.1) is 0 Å². The Kier molecular flexibility index (Phi) is 5.40. The van der Waals surface area contributed by atoms with Gasteiger partial charge in [-0.25, -0.2) is 0 Å². The molecule has 0 saturated heterocycles. The second-order valence-electron chi connectivity index (χ2n) is 4.02. The maximum Gasteiger partial charge on any atom is 0.221 e. The monoisotopic (exact) mass is 204 g/mol. The van der Waals surface area contributed by atoms with Crippen molar-refractivity contribution >= 4 is 17.7 Å². The molecule has 78 valence electrons. The number of hydrogen-bond acceptors (Lipinski definition) is 3. The number of amides is 1. The van der Waals surface area contributed by atoms with Gasteiger partial charge in [0.15, 0.2) is 0 Å². The molecule has 1 atom stereocenters. The molecule has 4 heteroatoms. The van der Waals surface area contributed by atoms with E-state index in [1.54, 1.807) is 11.8 Å². The third-order valence-electron chi connectivity index (χ3n) is 1.61. The number of nitrogens with one attached hydrogen (secondary N) is 1. The molecule has 0 saturated carbocycles. The van der Waals surface area contributed by atoms with Gasteiger partial charge in [0.2, 0.25) is 5.91 Å². The quantitative estimate of drug-likeness (QED) is 0.702. The fourth-order valence-electron chi connectivity index (χ4n) is 0.817. The molecule has 0 aromatic rings.